The summed E-state index contributed by atoms with van der Waals surface area (Å²) in [7, 11) is 0. The molecule has 1 aromatic rings. The number of hydrogen-bond acceptors (Lipinski definition) is 3. The van der Waals surface area contributed by atoms with Crippen LogP contribution in [0.4, 0.5) is 15.8 Å². The van der Waals surface area contributed by atoms with E-state index in [9.17, 15) is 14.0 Å². The second-order valence-electron chi connectivity index (χ2n) is 5.57. The van der Waals surface area contributed by atoms with Crippen molar-refractivity contribution in [2.75, 3.05) is 23.7 Å². The summed E-state index contributed by atoms with van der Waals surface area (Å²) in [5.41, 5.74) is 1.49. The standard InChI is InChI=1S/C15H18FN3O2.ClH/c16-11-6-9-3-4-14(20)18-12(9)7-13(11)19-15(21)10-2-1-5-17-8-10;/h6-7,10,17H,1-5,8H2,(H,18,20)(H,19,21);1H. The third kappa shape index (κ3) is 3.56. The van der Waals surface area contributed by atoms with Crippen molar-refractivity contribution in [3.8, 4) is 0 Å². The van der Waals surface area contributed by atoms with Crippen LogP contribution >= 0.6 is 12.4 Å². The monoisotopic (exact) mass is 327 g/mol. The SMILES string of the molecule is Cl.O=C1CCc2cc(F)c(NC(=O)C3CCCNC3)cc2N1. The van der Waals surface area contributed by atoms with Gasteiger partial charge in [0.2, 0.25) is 11.8 Å². The van der Waals surface area contributed by atoms with E-state index < -0.39 is 5.82 Å². The molecule has 3 N–H and O–H groups in total. The Bertz CT molecular complexity index is 588. The molecule has 2 amide bonds. The number of fused-ring (bicyclic) bond motifs is 1. The number of anilines is 2. The summed E-state index contributed by atoms with van der Waals surface area (Å²) in [6, 6.07) is 2.90. The van der Waals surface area contributed by atoms with E-state index in [1.54, 1.807) is 0 Å². The van der Waals surface area contributed by atoms with Crippen LogP contribution in [0.2, 0.25) is 0 Å². The number of aryl methyl sites for hydroxylation is 1. The first-order valence-electron chi connectivity index (χ1n) is 7.27. The molecule has 3 rings (SSSR count). The largest absolute Gasteiger partial charge is 0.326 e. The van der Waals surface area contributed by atoms with Crippen LogP contribution < -0.4 is 16.0 Å². The van der Waals surface area contributed by atoms with Gasteiger partial charge in [-0.05, 0) is 43.5 Å². The van der Waals surface area contributed by atoms with Crippen LogP contribution in [-0.2, 0) is 16.0 Å². The first kappa shape index (κ1) is 16.7. The number of hydrogen-bond donors (Lipinski definition) is 3. The average molecular weight is 328 g/mol. The molecule has 7 heteroatoms. The topological polar surface area (TPSA) is 70.2 Å². The molecular weight excluding hydrogens is 309 g/mol. The van der Waals surface area contributed by atoms with E-state index in [4.69, 9.17) is 0 Å². The van der Waals surface area contributed by atoms with Gasteiger partial charge in [0.15, 0.2) is 0 Å². The second kappa shape index (κ2) is 7.07. The zero-order chi connectivity index (χ0) is 14.8. The van der Waals surface area contributed by atoms with Gasteiger partial charge in [0.1, 0.15) is 5.82 Å². The van der Waals surface area contributed by atoms with Gasteiger partial charge < -0.3 is 16.0 Å². The highest BCUT2D eigenvalue weighted by molar-refractivity contribution is 5.97. The molecule has 1 saturated heterocycles. The third-order valence-electron chi connectivity index (χ3n) is 4.01. The lowest BCUT2D eigenvalue weighted by atomic mass is 9.98. The fourth-order valence-electron chi connectivity index (χ4n) is 2.80. The van der Waals surface area contributed by atoms with Crippen molar-refractivity contribution < 1.29 is 14.0 Å². The maximum absolute atomic E-state index is 14.1. The minimum absolute atomic E-state index is 0. The van der Waals surface area contributed by atoms with Gasteiger partial charge in [-0.15, -0.1) is 12.4 Å². The smallest absolute Gasteiger partial charge is 0.228 e. The molecule has 1 unspecified atom stereocenters. The Morgan fingerprint density at radius 3 is 2.86 bits per heavy atom. The highest BCUT2D eigenvalue weighted by Gasteiger charge is 2.23. The molecule has 1 atom stereocenters. The highest BCUT2D eigenvalue weighted by Crippen LogP contribution is 2.29. The summed E-state index contributed by atoms with van der Waals surface area (Å²) in [4.78, 5) is 23.5. The van der Waals surface area contributed by atoms with Gasteiger partial charge in [0, 0.05) is 18.7 Å². The van der Waals surface area contributed by atoms with Gasteiger partial charge in [-0.25, -0.2) is 4.39 Å². The van der Waals surface area contributed by atoms with E-state index in [1.165, 1.54) is 12.1 Å². The lowest BCUT2D eigenvalue weighted by Gasteiger charge is -2.23. The fraction of sp³-hybridized carbons (Fsp3) is 0.467. The van der Waals surface area contributed by atoms with Crippen molar-refractivity contribution >= 4 is 35.6 Å². The molecule has 0 aromatic heterocycles. The van der Waals surface area contributed by atoms with Gasteiger partial charge >= 0.3 is 0 Å². The molecule has 0 aliphatic carbocycles. The predicted octanol–water partition coefficient (Wildman–Crippen LogP) is 2.07. The number of nitrogens with one attached hydrogen (secondary N) is 3. The highest BCUT2D eigenvalue weighted by atomic mass is 35.5. The molecule has 0 radical (unpaired) electrons. The summed E-state index contributed by atoms with van der Waals surface area (Å²) < 4.78 is 14.1. The molecule has 2 aliphatic heterocycles. The number of rotatable bonds is 2. The number of amides is 2. The molecular formula is C15H19ClFN3O2. The molecule has 120 valence electrons. The Morgan fingerprint density at radius 2 is 2.14 bits per heavy atom. The Balaban J connectivity index is 0.00000176. The maximum atomic E-state index is 14.1. The Labute approximate surface area is 134 Å². The first-order valence-corrected chi connectivity index (χ1v) is 7.27. The van der Waals surface area contributed by atoms with E-state index in [1.807, 2.05) is 0 Å². The van der Waals surface area contributed by atoms with E-state index in [0.29, 0.717) is 25.1 Å². The number of piperidine rings is 1. The number of carbonyl (C=O) groups is 2. The van der Waals surface area contributed by atoms with Crippen LogP contribution in [-0.4, -0.2) is 24.9 Å². The quantitative estimate of drug-likeness (QED) is 0.779. The lowest BCUT2D eigenvalue weighted by molar-refractivity contribution is -0.120. The fourth-order valence-corrected chi connectivity index (χ4v) is 2.80. The van der Waals surface area contributed by atoms with Crippen molar-refractivity contribution in [1.82, 2.24) is 5.32 Å². The number of benzene rings is 1. The van der Waals surface area contributed by atoms with Crippen molar-refractivity contribution in [1.29, 1.82) is 0 Å². The van der Waals surface area contributed by atoms with E-state index >= 15 is 0 Å². The normalized spacial score (nSPS) is 20.4. The van der Waals surface area contributed by atoms with Gasteiger partial charge in [-0.2, -0.15) is 0 Å². The van der Waals surface area contributed by atoms with Crippen molar-refractivity contribution in [2.24, 2.45) is 5.92 Å². The first-order chi connectivity index (χ1) is 10.1. The Kier molecular flexibility index (Phi) is 5.37. The Hall–Kier alpha value is -1.66. The Morgan fingerprint density at radius 1 is 1.32 bits per heavy atom. The van der Waals surface area contributed by atoms with Crippen LogP contribution in [0.15, 0.2) is 12.1 Å². The van der Waals surface area contributed by atoms with Gasteiger partial charge in [-0.1, -0.05) is 0 Å². The molecule has 5 nitrogen and oxygen atoms in total. The number of halogens is 2. The maximum Gasteiger partial charge on any atom is 0.228 e. The van der Waals surface area contributed by atoms with Gasteiger partial charge in [0.05, 0.1) is 11.6 Å². The molecule has 22 heavy (non-hydrogen) atoms. The minimum Gasteiger partial charge on any atom is -0.326 e. The summed E-state index contributed by atoms with van der Waals surface area (Å²) in [5.74, 6) is -0.850. The van der Waals surface area contributed by atoms with Crippen molar-refractivity contribution in [3.63, 3.8) is 0 Å². The second-order valence-corrected chi connectivity index (χ2v) is 5.57. The number of carbonyl (C=O) groups excluding carboxylic acids is 2. The third-order valence-corrected chi connectivity index (χ3v) is 4.01. The van der Waals surface area contributed by atoms with Crippen LogP contribution in [0, 0.1) is 11.7 Å². The van der Waals surface area contributed by atoms with Crippen molar-refractivity contribution in [2.45, 2.75) is 25.7 Å². The van der Waals surface area contributed by atoms with E-state index in [-0.39, 0.29) is 35.8 Å². The molecule has 1 aromatic carbocycles. The van der Waals surface area contributed by atoms with Crippen LogP contribution in [0.25, 0.3) is 0 Å². The molecule has 2 heterocycles. The molecule has 0 spiro atoms. The molecule has 0 saturated carbocycles. The zero-order valence-corrected chi connectivity index (χ0v) is 12.9. The summed E-state index contributed by atoms with van der Waals surface area (Å²) in [5, 5.41) is 8.51. The summed E-state index contributed by atoms with van der Waals surface area (Å²) in [6.07, 6.45) is 2.65. The van der Waals surface area contributed by atoms with E-state index in [0.717, 1.165) is 24.9 Å². The lowest BCUT2D eigenvalue weighted by Crippen LogP contribution is -2.37. The summed E-state index contributed by atoms with van der Waals surface area (Å²) in [6.45, 7) is 1.54. The minimum atomic E-state index is -0.456. The van der Waals surface area contributed by atoms with Gasteiger partial charge in [0.25, 0.3) is 0 Å². The molecule has 0 bridgehead atoms. The van der Waals surface area contributed by atoms with Crippen LogP contribution in [0.3, 0.4) is 0 Å². The summed E-state index contributed by atoms with van der Waals surface area (Å²) >= 11 is 0. The van der Waals surface area contributed by atoms with Crippen molar-refractivity contribution in [3.05, 3.63) is 23.5 Å². The average Bonchev–Trinajstić information content (AvgIpc) is 2.49. The van der Waals surface area contributed by atoms with E-state index in [2.05, 4.69) is 16.0 Å². The van der Waals surface area contributed by atoms with Gasteiger partial charge in [-0.3, -0.25) is 9.59 Å². The molecule has 1 fully saturated rings. The zero-order valence-electron chi connectivity index (χ0n) is 12.1. The predicted molar refractivity (Wildman–Crippen MR) is 84.8 cm³/mol. The van der Waals surface area contributed by atoms with Crippen LogP contribution in [0.5, 0.6) is 0 Å². The molecule has 2 aliphatic rings. The van der Waals surface area contributed by atoms with Crippen LogP contribution in [0.1, 0.15) is 24.8 Å².